The highest BCUT2D eigenvalue weighted by molar-refractivity contribution is 7.98. The Balaban J connectivity index is 0.000000163. The summed E-state index contributed by atoms with van der Waals surface area (Å²) in [5, 5.41) is 11.9. The Morgan fingerprint density at radius 1 is 0.612 bits per heavy atom. The molecular formula is C47H52N10O9S. The summed E-state index contributed by atoms with van der Waals surface area (Å²) in [7, 11) is 0. The smallest absolute Gasteiger partial charge is 0.164 e. The fourth-order valence-corrected chi connectivity index (χ4v) is 9.75. The molecule has 7 N–H and O–H groups in total. The van der Waals surface area contributed by atoms with E-state index in [9.17, 15) is 0 Å². The van der Waals surface area contributed by atoms with Gasteiger partial charge >= 0.3 is 0 Å². The SMILES string of the molecule is CC1(C)O[C@@H]2[C@H](O1)[C@@H](COc1ccc3cccnc3c1)O[C@H]2c1ccc2c(N)ncnn12.CSc1ncnn2c([C@@H]3O[C@H](COc4ccc5cccnc5c4)[C@H]4OC(C)(C)O[C@H]43)ccc12.N.O. The number of pyridine rings is 2. The Bertz CT molecular complexity index is 3040. The number of nitrogens with two attached hydrogens (primary N) is 1. The second-order valence-corrected chi connectivity index (χ2v) is 18.0. The molecule has 2 aromatic carbocycles. The van der Waals surface area contributed by atoms with E-state index in [2.05, 4.69) is 30.1 Å². The van der Waals surface area contributed by atoms with Gasteiger partial charge in [0.15, 0.2) is 17.4 Å². The van der Waals surface area contributed by atoms with Crippen LogP contribution in [0.25, 0.3) is 32.8 Å². The summed E-state index contributed by atoms with van der Waals surface area (Å²) in [6.45, 7) is 8.33. The summed E-state index contributed by atoms with van der Waals surface area (Å²) in [5.74, 6) is 0.466. The van der Waals surface area contributed by atoms with Crippen molar-refractivity contribution in [1.82, 2.24) is 45.3 Å². The zero-order valence-electron chi connectivity index (χ0n) is 37.5. The van der Waals surface area contributed by atoms with E-state index >= 15 is 0 Å². The van der Waals surface area contributed by atoms with Crippen molar-refractivity contribution in [2.45, 2.75) is 93.1 Å². The first kappa shape index (κ1) is 46.1. The van der Waals surface area contributed by atoms with Crippen LogP contribution >= 0.6 is 11.8 Å². The Labute approximate surface area is 389 Å². The van der Waals surface area contributed by atoms with Crippen LogP contribution in [0, 0.1) is 0 Å². The van der Waals surface area contributed by atoms with Crippen LogP contribution in [0.15, 0.2) is 115 Å². The lowest BCUT2D eigenvalue weighted by Gasteiger charge is -2.24. The minimum absolute atomic E-state index is 0. The normalized spacial score (nSPS) is 25.6. The Kier molecular flexibility index (Phi) is 12.5. The molecule has 19 nitrogen and oxygen atoms in total. The van der Waals surface area contributed by atoms with Crippen LogP contribution in [-0.4, -0.2) is 112 Å². The van der Waals surface area contributed by atoms with Gasteiger partial charge in [0.05, 0.1) is 27.9 Å². The quantitative estimate of drug-likeness (QED) is 0.151. The molecule has 0 unspecified atom stereocenters. The number of hydrogen-bond donors (Lipinski definition) is 2. The number of nitrogen functional groups attached to an aromatic ring is 1. The number of thioether (sulfide) groups is 1. The van der Waals surface area contributed by atoms with Crippen LogP contribution < -0.4 is 21.4 Å². The van der Waals surface area contributed by atoms with E-state index in [1.807, 2.05) is 123 Å². The van der Waals surface area contributed by atoms with Gasteiger partial charge in [-0.3, -0.25) is 9.97 Å². The average Bonchev–Trinajstić information content (AvgIpc) is 4.16. The van der Waals surface area contributed by atoms with E-state index in [1.165, 1.54) is 6.33 Å². The maximum atomic E-state index is 6.48. The summed E-state index contributed by atoms with van der Waals surface area (Å²) in [6, 6.07) is 27.5. The molecule has 0 saturated carbocycles. The maximum absolute atomic E-state index is 6.48. The van der Waals surface area contributed by atoms with Crippen LogP contribution in [0.5, 0.6) is 11.5 Å². The van der Waals surface area contributed by atoms with Crippen molar-refractivity contribution in [2.24, 2.45) is 0 Å². The first-order chi connectivity index (χ1) is 31.5. The van der Waals surface area contributed by atoms with Crippen molar-refractivity contribution in [2.75, 3.05) is 25.2 Å². The molecule has 0 aliphatic carbocycles. The standard InChI is InChI=1S/C24H24N4O4S.C23H23N5O4.H3N.H2O/c1-24(2)31-21-19(12-29-15-7-6-14-5-4-10-25-16(14)11-15)30-20(22(21)32-24)17-8-9-18-23(33-3)26-13-27-28(17)18;1-23(2)31-20-18(11-29-14-6-5-13-4-3-9-25-15(13)10-14)30-19(21(20)32-23)16-7-8-17-22(24)26-12-27-28(16)17;;/h4-11,13,19-22H,12H2,1-3H3;3-10,12,18-21H,11H2,1-2H3,(H2,24,26,27);1H3;1H2/t19-,20+,21-,22+;18-,19+,20-,21+;;/m11../s1. The van der Waals surface area contributed by atoms with Crippen molar-refractivity contribution in [1.29, 1.82) is 0 Å². The molecule has 4 fully saturated rings. The zero-order chi connectivity index (χ0) is 44.5. The highest BCUT2D eigenvalue weighted by atomic mass is 32.2. The van der Waals surface area contributed by atoms with E-state index in [-0.39, 0.29) is 60.5 Å². The van der Waals surface area contributed by atoms with Gasteiger partial charge in [0.1, 0.15) is 96.7 Å². The first-order valence-corrected chi connectivity index (χ1v) is 22.7. The molecule has 0 amide bonds. The number of hydrogen-bond acceptors (Lipinski definition) is 17. The number of ether oxygens (including phenoxy) is 8. The molecule has 67 heavy (non-hydrogen) atoms. The van der Waals surface area contributed by atoms with Crippen LogP contribution in [0.1, 0.15) is 51.3 Å². The molecule has 8 atom stereocenters. The van der Waals surface area contributed by atoms with Gasteiger partial charge in [-0.1, -0.05) is 12.1 Å². The predicted octanol–water partition coefficient (Wildman–Crippen LogP) is 6.27. The fraction of sp³-hybridized carbons (Fsp3) is 0.362. The molecule has 0 spiro atoms. The third-order valence-corrected chi connectivity index (χ3v) is 12.7. The lowest BCUT2D eigenvalue weighted by molar-refractivity contribution is -0.191. The molecular weight excluding hydrogens is 881 g/mol. The molecule has 350 valence electrons. The van der Waals surface area contributed by atoms with Gasteiger partial charge in [0.2, 0.25) is 0 Å². The average molecular weight is 933 g/mol. The fourth-order valence-electron chi connectivity index (χ4n) is 9.23. The number of benzene rings is 2. The van der Waals surface area contributed by atoms with Gasteiger partial charge < -0.3 is 55.3 Å². The van der Waals surface area contributed by atoms with Gasteiger partial charge in [-0.2, -0.15) is 10.2 Å². The summed E-state index contributed by atoms with van der Waals surface area (Å²) >= 11 is 1.59. The molecule has 6 aromatic heterocycles. The molecule has 4 aliphatic rings. The number of rotatable bonds is 9. The van der Waals surface area contributed by atoms with Gasteiger partial charge in [0.25, 0.3) is 0 Å². The monoisotopic (exact) mass is 932 g/mol. The first-order valence-electron chi connectivity index (χ1n) is 21.4. The third-order valence-electron chi connectivity index (χ3n) is 12.0. The van der Waals surface area contributed by atoms with Gasteiger partial charge in [-0.05, 0) is 94.6 Å². The Hall–Kier alpha value is -6.07. The van der Waals surface area contributed by atoms with E-state index in [0.717, 1.165) is 60.8 Å². The number of aromatic nitrogens is 8. The number of anilines is 1. The predicted molar refractivity (Wildman–Crippen MR) is 248 cm³/mol. The largest absolute Gasteiger partial charge is 0.491 e. The molecule has 8 aromatic rings. The highest BCUT2D eigenvalue weighted by Crippen LogP contribution is 2.47. The summed E-state index contributed by atoms with van der Waals surface area (Å²) < 4.78 is 53.7. The summed E-state index contributed by atoms with van der Waals surface area (Å²) in [4.78, 5) is 17.2. The van der Waals surface area contributed by atoms with E-state index < -0.39 is 11.6 Å². The second kappa shape index (κ2) is 18.2. The van der Waals surface area contributed by atoms with Crippen LogP contribution in [0.4, 0.5) is 5.82 Å². The van der Waals surface area contributed by atoms with Crippen molar-refractivity contribution >= 4 is 50.4 Å². The minimum Gasteiger partial charge on any atom is -0.491 e. The van der Waals surface area contributed by atoms with Crippen molar-refractivity contribution in [3.05, 3.63) is 121 Å². The second-order valence-electron chi connectivity index (χ2n) is 17.2. The molecule has 20 heteroatoms. The molecule has 10 heterocycles. The minimum atomic E-state index is -0.719. The van der Waals surface area contributed by atoms with E-state index in [0.29, 0.717) is 19.0 Å². The molecule has 4 saturated heterocycles. The molecule has 4 aliphatic heterocycles. The van der Waals surface area contributed by atoms with Crippen molar-refractivity contribution in [3.63, 3.8) is 0 Å². The Morgan fingerprint density at radius 3 is 1.61 bits per heavy atom. The third kappa shape index (κ3) is 8.71. The number of fused-ring (bicyclic) bond motifs is 6. The highest BCUT2D eigenvalue weighted by Gasteiger charge is 2.57. The number of nitrogens with zero attached hydrogens (tertiary/aromatic N) is 8. The lowest BCUT2D eigenvalue weighted by Crippen LogP contribution is -2.33. The summed E-state index contributed by atoms with van der Waals surface area (Å²) in [5.41, 5.74) is 11.2. The van der Waals surface area contributed by atoms with Crippen molar-refractivity contribution in [3.8, 4) is 11.5 Å². The van der Waals surface area contributed by atoms with E-state index in [1.54, 1.807) is 35.0 Å². The summed E-state index contributed by atoms with van der Waals surface area (Å²) in [6.07, 6.45) is 6.11. The topological polar surface area (TPSA) is 253 Å². The molecule has 0 bridgehead atoms. The van der Waals surface area contributed by atoms with Crippen LogP contribution in [-0.2, 0) is 28.4 Å². The van der Waals surface area contributed by atoms with Gasteiger partial charge in [0, 0.05) is 35.3 Å². The van der Waals surface area contributed by atoms with Crippen molar-refractivity contribution < 1.29 is 43.4 Å². The van der Waals surface area contributed by atoms with Gasteiger partial charge in [-0.15, -0.1) is 11.8 Å². The Morgan fingerprint density at radius 2 is 1.09 bits per heavy atom. The van der Waals surface area contributed by atoms with Crippen LogP contribution in [0.3, 0.4) is 0 Å². The maximum Gasteiger partial charge on any atom is 0.164 e. The molecule has 12 rings (SSSR count). The molecule has 0 radical (unpaired) electrons. The lowest BCUT2D eigenvalue weighted by atomic mass is 10.1. The van der Waals surface area contributed by atoms with Gasteiger partial charge in [-0.25, -0.2) is 19.0 Å². The van der Waals surface area contributed by atoms with Crippen LogP contribution in [0.2, 0.25) is 0 Å². The zero-order valence-corrected chi connectivity index (χ0v) is 38.3. The van der Waals surface area contributed by atoms with E-state index in [4.69, 9.17) is 43.6 Å².